The molecule has 1 amide bonds. The third-order valence-corrected chi connectivity index (χ3v) is 6.25. The van der Waals surface area contributed by atoms with Crippen molar-refractivity contribution in [3.8, 4) is 0 Å². The normalized spacial score (nSPS) is 20.0. The SMILES string of the molecule is CCN1C(=O)/C(=C2/C=Cc3cc(C)ccc3N2CC)SC1=Nc1ccc(C)cc1. The fraction of sp³-hybridized carbons (Fsp3) is 0.250. The molecule has 0 N–H and O–H groups in total. The quantitative estimate of drug-likeness (QED) is 0.621. The zero-order valence-electron chi connectivity index (χ0n) is 17.3. The van der Waals surface area contributed by atoms with Crippen molar-refractivity contribution in [3.63, 3.8) is 0 Å². The molecule has 4 rings (SSSR count). The summed E-state index contributed by atoms with van der Waals surface area (Å²) in [6, 6.07) is 14.5. The molecule has 0 aliphatic carbocycles. The van der Waals surface area contributed by atoms with E-state index in [9.17, 15) is 4.79 Å². The second-order valence-corrected chi connectivity index (χ2v) is 8.21. The number of aliphatic imine (C=N–C) groups is 1. The molecule has 2 aliphatic heterocycles. The topological polar surface area (TPSA) is 35.9 Å². The van der Waals surface area contributed by atoms with E-state index < -0.39 is 0 Å². The van der Waals surface area contributed by atoms with Gasteiger partial charge in [0.1, 0.15) is 4.91 Å². The average molecular weight is 404 g/mol. The minimum atomic E-state index is 0.0250. The van der Waals surface area contributed by atoms with Gasteiger partial charge in [-0.1, -0.05) is 35.4 Å². The van der Waals surface area contributed by atoms with Crippen LogP contribution in [0.1, 0.15) is 30.5 Å². The summed E-state index contributed by atoms with van der Waals surface area (Å²) in [5.41, 5.74) is 6.57. The number of amides is 1. The number of thioether (sulfide) groups is 1. The molecule has 1 fully saturated rings. The van der Waals surface area contributed by atoms with E-state index in [-0.39, 0.29) is 5.91 Å². The Balaban J connectivity index is 1.76. The fourth-order valence-electron chi connectivity index (χ4n) is 3.63. The van der Waals surface area contributed by atoms with E-state index in [2.05, 4.69) is 56.0 Å². The molecular formula is C24H25N3OS. The molecule has 148 valence electrons. The predicted octanol–water partition coefficient (Wildman–Crippen LogP) is 5.65. The molecule has 0 radical (unpaired) electrons. The monoisotopic (exact) mass is 403 g/mol. The van der Waals surface area contributed by atoms with Crippen molar-refractivity contribution >= 4 is 40.3 Å². The average Bonchev–Trinajstić information content (AvgIpc) is 3.03. The van der Waals surface area contributed by atoms with E-state index in [0.717, 1.165) is 33.7 Å². The smallest absolute Gasteiger partial charge is 0.268 e. The third kappa shape index (κ3) is 3.62. The van der Waals surface area contributed by atoms with E-state index in [0.29, 0.717) is 6.54 Å². The van der Waals surface area contributed by atoms with Gasteiger partial charge >= 0.3 is 0 Å². The number of benzene rings is 2. The van der Waals surface area contributed by atoms with Gasteiger partial charge in [0, 0.05) is 18.8 Å². The maximum absolute atomic E-state index is 13.2. The van der Waals surface area contributed by atoms with Crippen molar-refractivity contribution in [2.24, 2.45) is 4.99 Å². The van der Waals surface area contributed by atoms with Gasteiger partial charge in [-0.2, -0.15) is 0 Å². The number of hydrogen-bond acceptors (Lipinski definition) is 4. The minimum Gasteiger partial charge on any atom is -0.340 e. The summed E-state index contributed by atoms with van der Waals surface area (Å²) in [7, 11) is 0. The van der Waals surface area contributed by atoms with Gasteiger partial charge in [0.2, 0.25) is 0 Å². The molecular weight excluding hydrogens is 378 g/mol. The van der Waals surface area contributed by atoms with Gasteiger partial charge in [0.05, 0.1) is 11.4 Å². The number of carbonyl (C=O) groups is 1. The van der Waals surface area contributed by atoms with Crippen molar-refractivity contribution in [2.45, 2.75) is 27.7 Å². The van der Waals surface area contributed by atoms with Crippen molar-refractivity contribution in [1.82, 2.24) is 4.90 Å². The molecule has 1 saturated heterocycles. The van der Waals surface area contributed by atoms with Crippen LogP contribution in [0.4, 0.5) is 11.4 Å². The number of anilines is 1. The number of hydrogen-bond donors (Lipinski definition) is 0. The van der Waals surface area contributed by atoms with E-state index >= 15 is 0 Å². The lowest BCUT2D eigenvalue weighted by Gasteiger charge is -2.30. The largest absolute Gasteiger partial charge is 0.340 e. The Hall–Kier alpha value is -2.79. The predicted molar refractivity (Wildman–Crippen MR) is 124 cm³/mol. The van der Waals surface area contributed by atoms with E-state index in [1.54, 1.807) is 4.90 Å². The first-order chi connectivity index (χ1) is 14.0. The number of amidine groups is 1. The molecule has 2 aromatic rings. The van der Waals surface area contributed by atoms with Gasteiger partial charge in [-0.3, -0.25) is 9.69 Å². The van der Waals surface area contributed by atoms with Gasteiger partial charge in [-0.15, -0.1) is 0 Å². The van der Waals surface area contributed by atoms with E-state index in [1.807, 2.05) is 31.2 Å². The second kappa shape index (κ2) is 7.91. The number of aryl methyl sites for hydroxylation is 2. The second-order valence-electron chi connectivity index (χ2n) is 7.24. The van der Waals surface area contributed by atoms with Gasteiger partial charge in [0.25, 0.3) is 5.91 Å². The number of likely N-dealkylation sites (N-methyl/N-ethyl adjacent to an activating group) is 2. The molecule has 0 atom stereocenters. The van der Waals surface area contributed by atoms with Gasteiger partial charge < -0.3 is 4.90 Å². The molecule has 29 heavy (non-hydrogen) atoms. The molecule has 0 saturated carbocycles. The molecule has 0 aromatic heterocycles. The van der Waals surface area contributed by atoms with Crippen LogP contribution in [0.2, 0.25) is 0 Å². The summed E-state index contributed by atoms with van der Waals surface area (Å²) in [5, 5.41) is 0.739. The van der Waals surface area contributed by atoms with Crippen LogP contribution in [0.25, 0.3) is 6.08 Å². The van der Waals surface area contributed by atoms with E-state index in [1.165, 1.54) is 28.5 Å². The number of rotatable bonds is 3. The Labute approximate surface area is 176 Å². The van der Waals surface area contributed by atoms with Crippen LogP contribution in [0.3, 0.4) is 0 Å². The van der Waals surface area contributed by atoms with Gasteiger partial charge in [-0.25, -0.2) is 4.99 Å². The summed E-state index contributed by atoms with van der Waals surface area (Å²) < 4.78 is 0. The zero-order valence-corrected chi connectivity index (χ0v) is 18.1. The highest BCUT2D eigenvalue weighted by molar-refractivity contribution is 8.18. The summed E-state index contributed by atoms with van der Waals surface area (Å²) in [4.78, 5) is 22.7. The van der Waals surface area contributed by atoms with Gasteiger partial charge in [0.15, 0.2) is 5.17 Å². The molecule has 5 heteroatoms. The Morgan fingerprint density at radius 2 is 1.59 bits per heavy atom. The highest BCUT2D eigenvalue weighted by atomic mass is 32.2. The first kappa shape index (κ1) is 19.5. The first-order valence-electron chi connectivity index (χ1n) is 9.97. The summed E-state index contributed by atoms with van der Waals surface area (Å²) in [6.07, 6.45) is 4.17. The van der Waals surface area contributed by atoms with Crippen molar-refractivity contribution in [1.29, 1.82) is 0 Å². The third-order valence-electron chi connectivity index (χ3n) is 5.17. The number of carbonyl (C=O) groups excluding carboxylic acids is 1. The van der Waals surface area contributed by atoms with Crippen LogP contribution in [-0.2, 0) is 4.79 Å². The molecule has 4 nitrogen and oxygen atoms in total. The molecule has 0 unspecified atom stereocenters. The Morgan fingerprint density at radius 1 is 0.897 bits per heavy atom. The summed E-state index contributed by atoms with van der Waals surface area (Å²) >= 11 is 1.47. The van der Waals surface area contributed by atoms with Crippen LogP contribution in [0, 0.1) is 13.8 Å². The van der Waals surface area contributed by atoms with Crippen molar-refractivity contribution < 1.29 is 4.79 Å². The number of fused-ring (bicyclic) bond motifs is 1. The van der Waals surface area contributed by atoms with Gasteiger partial charge in [-0.05, 0) is 75.4 Å². The zero-order chi connectivity index (χ0) is 20.5. The van der Waals surface area contributed by atoms with Crippen LogP contribution < -0.4 is 4.90 Å². The molecule has 2 heterocycles. The van der Waals surface area contributed by atoms with Crippen molar-refractivity contribution in [2.75, 3.05) is 18.0 Å². The van der Waals surface area contributed by atoms with Crippen LogP contribution in [-0.4, -0.2) is 29.1 Å². The number of nitrogens with zero attached hydrogens (tertiary/aromatic N) is 3. The van der Waals surface area contributed by atoms with Crippen LogP contribution >= 0.6 is 11.8 Å². The van der Waals surface area contributed by atoms with Crippen LogP contribution in [0.5, 0.6) is 0 Å². The molecule has 0 spiro atoms. The first-order valence-corrected chi connectivity index (χ1v) is 10.8. The van der Waals surface area contributed by atoms with Crippen molar-refractivity contribution in [3.05, 3.63) is 75.8 Å². The fourth-order valence-corrected chi connectivity index (χ4v) is 4.77. The number of allylic oxidation sites excluding steroid dienone is 1. The molecule has 2 aromatic carbocycles. The highest BCUT2D eigenvalue weighted by Crippen LogP contribution is 2.40. The standard InChI is InChI=1S/C24H25N3OS/c1-5-26-20-13-9-17(4)15-18(20)10-14-21(26)22-23(28)27(6-2)24(29-22)25-19-11-7-16(3)8-12-19/h7-15H,5-6H2,1-4H3/b22-21+,25-24?. The molecule has 0 bridgehead atoms. The lowest BCUT2D eigenvalue weighted by atomic mass is 10.0. The summed E-state index contributed by atoms with van der Waals surface area (Å²) in [5.74, 6) is 0.0250. The lowest BCUT2D eigenvalue weighted by Crippen LogP contribution is -2.30. The van der Waals surface area contributed by atoms with E-state index in [4.69, 9.17) is 4.99 Å². The lowest BCUT2D eigenvalue weighted by molar-refractivity contribution is -0.122. The Bertz CT molecular complexity index is 1050. The van der Waals surface area contributed by atoms with Crippen LogP contribution in [0.15, 0.2) is 64.1 Å². The maximum atomic E-state index is 13.2. The maximum Gasteiger partial charge on any atom is 0.268 e. The highest BCUT2D eigenvalue weighted by Gasteiger charge is 2.36. The summed E-state index contributed by atoms with van der Waals surface area (Å²) in [6.45, 7) is 9.65. The Kier molecular flexibility index (Phi) is 5.33. The molecule has 2 aliphatic rings. The Morgan fingerprint density at radius 3 is 2.28 bits per heavy atom. The minimum absolute atomic E-state index is 0.0250.